The van der Waals surface area contributed by atoms with Crippen LogP contribution in [-0.2, 0) is 0 Å². The van der Waals surface area contributed by atoms with E-state index in [1.54, 1.807) is 30.5 Å². The number of amides is 1. The minimum atomic E-state index is -0.301. The van der Waals surface area contributed by atoms with Gasteiger partial charge in [-0.1, -0.05) is 24.3 Å². The Balaban J connectivity index is 1.60. The van der Waals surface area contributed by atoms with E-state index < -0.39 is 0 Å². The third kappa shape index (κ3) is 5.10. The van der Waals surface area contributed by atoms with Crippen LogP contribution in [0.25, 0.3) is 22.0 Å². The number of aromatic nitrogens is 1. The van der Waals surface area contributed by atoms with Gasteiger partial charge in [-0.25, -0.2) is 4.39 Å². The largest absolute Gasteiger partial charge is 0.492 e. The van der Waals surface area contributed by atoms with E-state index in [1.807, 2.05) is 55.4 Å². The highest BCUT2D eigenvalue weighted by atomic mass is 19.1. The number of anilines is 1. The fourth-order valence-corrected chi connectivity index (χ4v) is 3.34. The third-order valence-corrected chi connectivity index (χ3v) is 5.06. The van der Waals surface area contributed by atoms with Crippen LogP contribution in [0.5, 0.6) is 5.75 Å². The molecule has 4 rings (SSSR count). The molecule has 0 radical (unpaired) electrons. The van der Waals surface area contributed by atoms with E-state index in [1.165, 1.54) is 12.1 Å². The predicted molar refractivity (Wildman–Crippen MR) is 126 cm³/mol. The van der Waals surface area contributed by atoms with Crippen LogP contribution in [0.1, 0.15) is 10.4 Å². The minimum absolute atomic E-state index is 0.247. The summed E-state index contributed by atoms with van der Waals surface area (Å²) in [6.07, 6.45) is 1.72. The van der Waals surface area contributed by atoms with Gasteiger partial charge in [0, 0.05) is 34.9 Å². The molecule has 0 saturated heterocycles. The molecule has 0 bridgehead atoms. The maximum absolute atomic E-state index is 13.4. The summed E-state index contributed by atoms with van der Waals surface area (Å²) in [5.74, 6) is 0.0272. The normalized spacial score (nSPS) is 11.0. The number of hydrogen-bond acceptors (Lipinski definition) is 4. The van der Waals surface area contributed by atoms with Crippen molar-refractivity contribution in [1.82, 2.24) is 9.88 Å². The summed E-state index contributed by atoms with van der Waals surface area (Å²) in [5, 5.41) is 3.93. The Kier molecular flexibility index (Phi) is 6.42. The van der Waals surface area contributed by atoms with Crippen molar-refractivity contribution in [2.75, 3.05) is 32.6 Å². The van der Waals surface area contributed by atoms with Crippen LogP contribution in [0.3, 0.4) is 0 Å². The summed E-state index contributed by atoms with van der Waals surface area (Å²) in [6.45, 7) is 1.19. The lowest BCUT2D eigenvalue weighted by Crippen LogP contribution is -2.20. The molecule has 0 aliphatic carbocycles. The number of ether oxygens (including phenoxy) is 1. The standard InChI is InChI=1S/C26H24FN3O2/c1-30(2)14-15-32-25-16-20(8-12-23(25)18-5-9-21(27)10-6-18)26(31)29-22-11-7-19-4-3-13-28-24(19)17-22/h3-13,16-17H,14-15H2,1-2H3,(H,29,31). The Morgan fingerprint density at radius 1 is 1.03 bits per heavy atom. The van der Waals surface area contributed by atoms with Gasteiger partial charge >= 0.3 is 0 Å². The second-order valence-corrected chi connectivity index (χ2v) is 7.73. The van der Waals surface area contributed by atoms with Crippen molar-refractivity contribution in [3.8, 4) is 16.9 Å². The Morgan fingerprint density at radius 2 is 1.84 bits per heavy atom. The Labute approximate surface area is 186 Å². The highest BCUT2D eigenvalue weighted by Gasteiger charge is 2.13. The molecule has 0 aliphatic heterocycles. The fourth-order valence-electron chi connectivity index (χ4n) is 3.34. The van der Waals surface area contributed by atoms with Gasteiger partial charge in [0.1, 0.15) is 18.2 Å². The van der Waals surface area contributed by atoms with Gasteiger partial charge in [0.05, 0.1) is 5.52 Å². The van der Waals surface area contributed by atoms with Crippen LogP contribution in [0.2, 0.25) is 0 Å². The molecule has 0 atom stereocenters. The van der Waals surface area contributed by atoms with E-state index in [0.717, 1.165) is 28.6 Å². The first-order valence-corrected chi connectivity index (χ1v) is 10.3. The van der Waals surface area contributed by atoms with Gasteiger partial charge in [0.25, 0.3) is 5.91 Å². The van der Waals surface area contributed by atoms with Crippen LogP contribution < -0.4 is 10.1 Å². The number of nitrogens with zero attached hydrogens (tertiary/aromatic N) is 2. The van der Waals surface area contributed by atoms with Crippen LogP contribution in [-0.4, -0.2) is 43.0 Å². The molecule has 0 spiro atoms. The number of fused-ring (bicyclic) bond motifs is 1. The topological polar surface area (TPSA) is 54.5 Å². The number of carbonyl (C=O) groups excluding carboxylic acids is 1. The molecule has 0 unspecified atom stereocenters. The highest BCUT2D eigenvalue weighted by molar-refractivity contribution is 6.05. The molecule has 6 heteroatoms. The Bertz CT molecular complexity index is 1240. The van der Waals surface area contributed by atoms with Gasteiger partial charge in [-0.3, -0.25) is 9.78 Å². The Hall–Kier alpha value is -3.77. The number of pyridine rings is 1. The van der Waals surface area contributed by atoms with Crippen molar-refractivity contribution in [3.05, 3.63) is 90.4 Å². The van der Waals surface area contributed by atoms with E-state index in [-0.39, 0.29) is 11.7 Å². The van der Waals surface area contributed by atoms with Crippen LogP contribution >= 0.6 is 0 Å². The van der Waals surface area contributed by atoms with E-state index in [2.05, 4.69) is 10.3 Å². The Morgan fingerprint density at radius 3 is 2.62 bits per heavy atom. The SMILES string of the molecule is CN(C)CCOc1cc(C(=O)Nc2ccc3cccnc3c2)ccc1-c1ccc(F)cc1. The van der Waals surface area contributed by atoms with Crippen molar-refractivity contribution >= 4 is 22.5 Å². The number of carbonyl (C=O) groups is 1. The second-order valence-electron chi connectivity index (χ2n) is 7.73. The quantitative estimate of drug-likeness (QED) is 0.437. The lowest BCUT2D eigenvalue weighted by atomic mass is 10.0. The van der Waals surface area contributed by atoms with Gasteiger partial charge in [-0.15, -0.1) is 0 Å². The lowest BCUT2D eigenvalue weighted by molar-refractivity contribution is 0.102. The van der Waals surface area contributed by atoms with Crippen molar-refractivity contribution < 1.29 is 13.9 Å². The van der Waals surface area contributed by atoms with E-state index in [0.29, 0.717) is 23.6 Å². The maximum Gasteiger partial charge on any atom is 0.255 e. The molecular weight excluding hydrogens is 405 g/mol. The van der Waals surface area contributed by atoms with Crippen molar-refractivity contribution in [2.45, 2.75) is 0 Å². The van der Waals surface area contributed by atoms with E-state index >= 15 is 0 Å². The van der Waals surface area contributed by atoms with Gasteiger partial charge in [-0.2, -0.15) is 0 Å². The van der Waals surface area contributed by atoms with Crippen LogP contribution in [0.15, 0.2) is 79.0 Å². The molecule has 162 valence electrons. The zero-order valence-electron chi connectivity index (χ0n) is 18.0. The summed E-state index contributed by atoms with van der Waals surface area (Å²) >= 11 is 0. The molecule has 0 fully saturated rings. The zero-order valence-corrected chi connectivity index (χ0v) is 18.0. The van der Waals surface area contributed by atoms with Crippen molar-refractivity contribution in [2.24, 2.45) is 0 Å². The molecule has 1 heterocycles. The average Bonchev–Trinajstić information content (AvgIpc) is 2.79. The summed E-state index contributed by atoms with van der Waals surface area (Å²) in [5.41, 5.74) is 3.56. The monoisotopic (exact) mass is 429 g/mol. The predicted octanol–water partition coefficient (Wildman–Crippen LogP) is 5.23. The summed E-state index contributed by atoms with van der Waals surface area (Å²) < 4.78 is 19.4. The van der Waals surface area contributed by atoms with Crippen molar-refractivity contribution in [1.29, 1.82) is 0 Å². The average molecular weight is 429 g/mol. The zero-order chi connectivity index (χ0) is 22.5. The number of nitrogens with one attached hydrogen (secondary N) is 1. The van der Waals surface area contributed by atoms with E-state index in [4.69, 9.17) is 4.74 Å². The summed E-state index contributed by atoms with van der Waals surface area (Å²) in [7, 11) is 3.93. The number of rotatable bonds is 7. The number of benzene rings is 3. The van der Waals surface area contributed by atoms with Gasteiger partial charge in [0.2, 0.25) is 0 Å². The maximum atomic E-state index is 13.4. The molecule has 4 aromatic rings. The number of halogens is 1. The van der Waals surface area contributed by atoms with Crippen molar-refractivity contribution in [3.63, 3.8) is 0 Å². The van der Waals surface area contributed by atoms with E-state index in [9.17, 15) is 9.18 Å². The number of likely N-dealkylation sites (N-methyl/N-ethyl adjacent to an activating group) is 1. The molecule has 3 aromatic carbocycles. The summed E-state index contributed by atoms with van der Waals surface area (Å²) in [6, 6.07) is 21.0. The van der Waals surface area contributed by atoms with Gasteiger partial charge < -0.3 is 15.0 Å². The van der Waals surface area contributed by atoms with Crippen LogP contribution in [0, 0.1) is 5.82 Å². The van der Waals surface area contributed by atoms with Gasteiger partial charge in [0.15, 0.2) is 0 Å². The summed E-state index contributed by atoms with van der Waals surface area (Å²) in [4.78, 5) is 19.3. The van der Waals surface area contributed by atoms with Crippen LogP contribution in [0.4, 0.5) is 10.1 Å². The number of hydrogen-bond donors (Lipinski definition) is 1. The molecule has 1 amide bonds. The van der Waals surface area contributed by atoms with Gasteiger partial charge in [-0.05, 0) is 68.2 Å². The smallest absolute Gasteiger partial charge is 0.255 e. The molecule has 0 aliphatic rings. The highest BCUT2D eigenvalue weighted by Crippen LogP contribution is 2.32. The molecular formula is C26H24FN3O2. The molecule has 32 heavy (non-hydrogen) atoms. The molecule has 1 N–H and O–H groups in total. The molecule has 1 aromatic heterocycles. The lowest BCUT2D eigenvalue weighted by Gasteiger charge is -2.16. The first kappa shape index (κ1) is 21.5. The molecule has 5 nitrogen and oxygen atoms in total. The first-order valence-electron chi connectivity index (χ1n) is 10.3. The first-order chi connectivity index (χ1) is 15.5. The molecule has 0 saturated carbocycles. The second kappa shape index (κ2) is 9.58. The third-order valence-electron chi connectivity index (χ3n) is 5.06. The minimum Gasteiger partial charge on any atom is -0.492 e. The fraction of sp³-hybridized carbons (Fsp3) is 0.154.